The zero-order valence-electron chi connectivity index (χ0n) is 14.1. The van der Waals surface area contributed by atoms with Crippen LogP contribution in [0.4, 0.5) is 0 Å². The molecule has 130 valence electrons. The summed E-state index contributed by atoms with van der Waals surface area (Å²) >= 11 is 0. The molecular weight excluding hydrogens is 310 g/mol. The van der Waals surface area contributed by atoms with Crippen molar-refractivity contribution in [2.45, 2.75) is 32.7 Å². The van der Waals surface area contributed by atoms with Gasteiger partial charge < -0.3 is 15.2 Å². The summed E-state index contributed by atoms with van der Waals surface area (Å²) in [5, 5.41) is 16.3. The fourth-order valence-electron chi connectivity index (χ4n) is 1.84. The molecule has 0 aliphatic carbocycles. The predicted molar refractivity (Wildman–Crippen MR) is 92.2 cm³/mol. The number of aromatic hydroxyl groups is 1. The third kappa shape index (κ3) is 5.42. The molecule has 0 spiro atoms. The summed E-state index contributed by atoms with van der Waals surface area (Å²) in [5.74, 6) is -1.26. The number of rotatable bonds is 7. The molecule has 0 radical (unpaired) electrons. The number of methoxy groups -OCH3 is 1. The SMILES string of the molecule is C=CCc1cc(/C=N/NC(=O)C(=O)N[C@@H](C)CC)cc(OC)c1O. The molecule has 1 aromatic rings. The molecular formula is C17H23N3O4. The van der Waals surface area contributed by atoms with Crippen molar-refractivity contribution in [3.05, 3.63) is 35.9 Å². The topological polar surface area (TPSA) is 100 Å². The number of hydrogen-bond acceptors (Lipinski definition) is 5. The average molecular weight is 333 g/mol. The number of ether oxygens (including phenoxy) is 1. The van der Waals surface area contributed by atoms with Gasteiger partial charge >= 0.3 is 11.8 Å². The van der Waals surface area contributed by atoms with Crippen molar-refractivity contribution >= 4 is 18.0 Å². The van der Waals surface area contributed by atoms with Gasteiger partial charge in [-0.15, -0.1) is 6.58 Å². The fraction of sp³-hybridized carbons (Fsp3) is 0.353. The molecule has 0 aliphatic rings. The number of hydrazone groups is 1. The highest BCUT2D eigenvalue weighted by molar-refractivity contribution is 6.35. The maximum Gasteiger partial charge on any atom is 0.329 e. The summed E-state index contributed by atoms with van der Waals surface area (Å²) in [5.41, 5.74) is 3.38. The van der Waals surface area contributed by atoms with Gasteiger partial charge in [0.05, 0.1) is 13.3 Å². The largest absolute Gasteiger partial charge is 0.504 e. The minimum absolute atomic E-state index is 0.0338. The van der Waals surface area contributed by atoms with Gasteiger partial charge in [0, 0.05) is 11.6 Å². The summed E-state index contributed by atoms with van der Waals surface area (Å²) in [6.45, 7) is 7.34. The van der Waals surface area contributed by atoms with Crippen molar-refractivity contribution < 1.29 is 19.4 Å². The maximum atomic E-state index is 11.6. The van der Waals surface area contributed by atoms with Crippen LogP contribution in [0.2, 0.25) is 0 Å². The Balaban J connectivity index is 2.80. The Labute approximate surface area is 141 Å². The fourth-order valence-corrected chi connectivity index (χ4v) is 1.84. The van der Waals surface area contributed by atoms with E-state index in [2.05, 4.69) is 22.4 Å². The van der Waals surface area contributed by atoms with Gasteiger partial charge in [0.15, 0.2) is 11.5 Å². The molecule has 1 atom stereocenters. The van der Waals surface area contributed by atoms with Gasteiger partial charge in [-0.2, -0.15) is 5.10 Å². The first-order valence-corrected chi connectivity index (χ1v) is 7.57. The van der Waals surface area contributed by atoms with E-state index in [4.69, 9.17) is 4.74 Å². The van der Waals surface area contributed by atoms with Crippen LogP contribution in [-0.4, -0.2) is 36.3 Å². The van der Waals surface area contributed by atoms with Crippen LogP contribution < -0.4 is 15.5 Å². The van der Waals surface area contributed by atoms with Crippen LogP contribution in [0.1, 0.15) is 31.4 Å². The molecule has 0 aromatic heterocycles. The third-order valence-electron chi connectivity index (χ3n) is 3.34. The van der Waals surface area contributed by atoms with Crippen molar-refractivity contribution in [3.8, 4) is 11.5 Å². The Hall–Kier alpha value is -2.83. The van der Waals surface area contributed by atoms with Gasteiger partial charge in [-0.05, 0) is 37.5 Å². The van der Waals surface area contributed by atoms with Crippen molar-refractivity contribution in [2.24, 2.45) is 5.10 Å². The van der Waals surface area contributed by atoms with Gasteiger partial charge in [-0.3, -0.25) is 9.59 Å². The van der Waals surface area contributed by atoms with E-state index in [0.29, 0.717) is 17.5 Å². The molecule has 7 heteroatoms. The molecule has 0 heterocycles. The zero-order valence-corrected chi connectivity index (χ0v) is 14.1. The predicted octanol–water partition coefficient (Wildman–Crippen LogP) is 1.49. The minimum atomic E-state index is -0.844. The number of carbonyl (C=O) groups excluding carboxylic acids is 2. The third-order valence-corrected chi connectivity index (χ3v) is 3.34. The molecule has 24 heavy (non-hydrogen) atoms. The van der Waals surface area contributed by atoms with Crippen LogP contribution in [0.3, 0.4) is 0 Å². The zero-order chi connectivity index (χ0) is 18.1. The number of hydrogen-bond donors (Lipinski definition) is 3. The first kappa shape index (κ1) is 19.2. The summed E-state index contributed by atoms with van der Waals surface area (Å²) in [6.07, 6.45) is 4.19. The highest BCUT2D eigenvalue weighted by Gasteiger charge is 2.14. The minimum Gasteiger partial charge on any atom is -0.504 e. The second-order valence-electron chi connectivity index (χ2n) is 5.21. The number of amides is 2. The van der Waals surface area contributed by atoms with E-state index in [1.807, 2.05) is 6.92 Å². The van der Waals surface area contributed by atoms with Gasteiger partial charge in [-0.1, -0.05) is 13.0 Å². The summed E-state index contributed by atoms with van der Waals surface area (Å²) in [7, 11) is 1.44. The molecule has 0 fully saturated rings. The number of nitrogens with zero attached hydrogens (tertiary/aromatic N) is 1. The molecule has 7 nitrogen and oxygen atoms in total. The van der Waals surface area contributed by atoms with Crippen LogP contribution >= 0.6 is 0 Å². The van der Waals surface area contributed by atoms with Crippen molar-refractivity contribution in [1.82, 2.24) is 10.7 Å². The van der Waals surface area contributed by atoms with E-state index >= 15 is 0 Å². The smallest absolute Gasteiger partial charge is 0.329 e. The maximum absolute atomic E-state index is 11.6. The van der Waals surface area contributed by atoms with E-state index < -0.39 is 11.8 Å². The normalized spacial score (nSPS) is 11.8. The molecule has 1 rings (SSSR count). The molecule has 0 saturated heterocycles. The van der Waals surface area contributed by atoms with E-state index in [1.54, 1.807) is 25.1 Å². The lowest BCUT2D eigenvalue weighted by Crippen LogP contribution is -2.41. The number of nitrogens with one attached hydrogen (secondary N) is 2. The first-order valence-electron chi connectivity index (χ1n) is 7.57. The van der Waals surface area contributed by atoms with Crippen molar-refractivity contribution in [2.75, 3.05) is 7.11 Å². The average Bonchev–Trinajstić information content (AvgIpc) is 2.57. The summed E-state index contributed by atoms with van der Waals surface area (Å²) in [6, 6.07) is 3.17. The van der Waals surface area contributed by atoms with E-state index in [-0.39, 0.29) is 17.5 Å². The van der Waals surface area contributed by atoms with Crippen LogP contribution in [0.25, 0.3) is 0 Å². The Morgan fingerprint density at radius 3 is 2.71 bits per heavy atom. The van der Waals surface area contributed by atoms with E-state index in [0.717, 1.165) is 6.42 Å². The van der Waals surface area contributed by atoms with E-state index in [1.165, 1.54) is 13.3 Å². The summed E-state index contributed by atoms with van der Waals surface area (Å²) in [4.78, 5) is 23.2. The van der Waals surface area contributed by atoms with Gasteiger partial charge in [0.25, 0.3) is 0 Å². The van der Waals surface area contributed by atoms with E-state index in [9.17, 15) is 14.7 Å². The molecule has 3 N–H and O–H groups in total. The number of benzene rings is 1. The van der Waals surface area contributed by atoms with Crippen molar-refractivity contribution in [1.29, 1.82) is 0 Å². The Kier molecular flexibility index (Phi) is 7.48. The monoisotopic (exact) mass is 333 g/mol. The molecule has 0 unspecified atom stereocenters. The lowest BCUT2D eigenvalue weighted by atomic mass is 10.1. The molecule has 0 aliphatic heterocycles. The summed E-state index contributed by atoms with van der Waals surface area (Å²) < 4.78 is 5.10. The highest BCUT2D eigenvalue weighted by Crippen LogP contribution is 2.31. The van der Waals surface area contributed by atoms with Crippen LogP contribution in [0.15, 0.2) is 29.9 Å². The number of phenolic OH excluding ortho intramolecular Hbond substituents is 1. The second kappa shape index (κ2) is 9.34. The molecule has 1 aromatic carbocycles. The van der Waals surface area contributed by atoms with Gasteiger partial charge in [-0.25, -0.2) is 5.43 Å². The molecule has 0 bridgehead atoms. The van der Waals surface area contributed by atoms with Crippen LogP contribution in [-0.2, 0) is 16.0 Å². The standard InChI is InChI=1S/C17H23N3O4/c1-5-7-13-8-12(9-14(24-4)15(13)21)10-18-20-17(23)16(22)19-11(3)6-2/h5,8-11,21H,1,6-7H2,2-4H3,(H,19,22)(H,20,23)/b18-10+/t11-/m0/s1. The Morgan fingerprint density at radius 1 is 1.42 bits per heavy atom. The second-order valence-corrected chi connectivity index (χ2v) is 5.21. The lowest BCUT2D eigenvalue weighted by Gasteiger charge is -2.10. The molecule has 2 amide bonds. The Bertz CT molecular complexity index is 641. The van der Waals surface area contributed by atoms with Crippen LogP contribution in [0, 0.1) is 0 Å². The van der Waals surface area contributed by atoms with Crippen LogP contribution in [0.5, 0.6) is 11.5 Å². The first-order chi connectivity index (χ1) is 11.4. The Morgan fingerprint density at radius 2 is 2.12 bits per heavy atom. The highest BCUT2D eigenvalue weighted by atomic mass is 16.5. The lowest BCUT2D eigenvalue weighted by molar-refractivity contribution is -0.139. The number of phenols is 1. The quantitative estimate of drug-likeness (QED) is 0.305. The number of allylic oxidation sites excluding steroid dienone is 1. The molecule has 0 saturated carbocycles. The van der Waals surface area contributed by atoms with Gasteiger partial charge in [0.1, 0.15) is 0 Å². The van der Waals surface area contributed by atoms with Gasteiger partial charge in [0.2, 0.25) is 0 Å². The number of carbonyl (C=O) groups is 2. The van der Waals surface area contributed by atoms with Crippen molar-refractivity contribution in [3.63, 3.8) is 0 Å².